The molecule has 0 radical (unpaired) electrons. The summed E-state index contributed by atoms with van der Waals surface area (Å²) in [7, 11) is 0.0314. The van der Waals surface area contributed by atoms with Gasteiger partial charge in [0, 0.05) is 48.1 Å². The number of aryl methyl sites for hydroxylation is 2. The van der Waals surface area contributed by atoms with Crippen molar-refractivity contribution in [2.75, 3.05) is 7.11 Å². The molecule has 0 saturated heterocycles. The summed E-state index contributed by atoms with van der Waals surface area (Å²) in [6, 6.07) is 47.1. The van der Waals surface area contributed by atoms with E-state index in [0.717, 1.165) is 22.1 Å². The number of esters is 1. The number of methoxy groups -OCH3 is 1. The number of fused-ring (bicyclic) bond motifs is 4. The fraction of sp³-hybridized carbons (Fsp3) is 0.182. The van der Waals surface area contributed by atoms with Gasteiger partial charge in [-0.2, -0.15) is 0 Å². The number of benzene rings is 6. The molecule has 19 heteroatoms. The zero-order valence-corrected chi connectivity index (χ0v) is 48.0. The largest absolute Gasteiger partial charge is 0.481 e. The highest BCUT2D eigenvalue weighted by atomic mass is 28.3. The smallest absolute Gasteiger partial charge is 0.305 e. The van der Waals surface area contributed by atoms with Gasteiger partial charge < -0.3 is 19.6 Å². The minimum atomic E-state index is -1.31. The molecular formula is C66H58F2N8O8Si. The Morgan fingerprint density at radius 1 is 0.624 bits per heavy atom. The molecule has 2 N–H and O–H groups in total. The first kappa shape index (κ1) is 59.3. The average Bonchev–Trinajstić information content (AvgIpc) is 3.46. The Hall–Kier alpha value is -10.3. The number of pyridine rings is 2. The average molecular weight is 1160 g/mol. The monoisotopic (exact) mass is 1160 g/mol. The summed E-state index contributed by atoms with van der Waals surface area (Å²) >= 11 is 0. The van der Waals surface area contributed by atoms with Gasteiger partial charge in [0.15, 0.2) is 5.76 Å². The number of hydrogen-bond donors (Lipinski definition) is 2. The van der Waals surface area contributed by atoms with Crippen molar-refractivity contribution in [3.8, 4) is 45.6 Å². The first-order valence-electron chi connectivity index (χ1n) is 27.4. The van der Waals surface area contributed by atoms with Gasteiger partial charge in [0.2, 0.25) is 0 Å². The molecule has 11 aromatic rings. The number of carbonyl (C=O) groups is 2. The number of halogens is 2. The highest BCUT2D eigenvalue weighted by Crippen LogP contribution is 2.29. The summed E-state index contributed by atoms with van der Waals surface area (Å²) in [5.74, 6) is 2.67. The maximum atomic E-state index is 13.6. The maximum Gasteiger partial charge on any atom is 0.305 e. The number of unbranched alkanes of at least 4 members (excludes halogenated alkanes) is 2. The second-order valence-corrected chi connectivity index (χ2v) is 25.5. The van der Waals surface area contributed by atoms with E-state index in [2.05, 4.69) is 73.2 Å². The number of aliphatic carboxylic acids is 1. The van der Waals surface area contributed by atoms with E-state index >= 15 is 0 Å². The quantitative estimate of drug-likeness (QED) is 0.0186. The predicted molar refractivity (Wildman–Crippen MR) is 327 cm³/mol. The van der Waals surface area contributed by atoms with Gasteiger partial charge in [-0.15, -0.1) is 5.54 Å². The Balaban J connectivity index is 0.000000167. The van der Waals surface area contributed by atoms with Crippen LogP contribution in [-0.2, 0) is 27.2 Å². The molecule has 11 rings (SSSR count). The lowest BCUT2D eigenvalue weighted by atomic mass is 10.1. The standard InChI is InChI=1S/C31H23FN4O4.C21H20FN3O4.C14H15NSi/c32-21-11-13-22(14-12-21)36-29(7-3-4-8-30(37)38)34-27-17-20(9-15-23(27)31(36)39)26-18-28(40-35-26)25-16-10-19-5-1-2-6-24(19)33-25;1-29-20(26)5-3-2-4-19-24-18-12-14(13-23-28)6-11-17(18)21(27)25(19)16-9-7-15(22)8-10-16;1-16(2,3)11-10-13-9-8-12-6-4-5-7-14(12)15-13/h1-2,5-6,9-18H,3-4,7-8H2,(H,37,38);6-13,28H,2-5H2,1H3;4-9H,1-3H3/b;23-13+;. The number of oxime groups is 1. The Morgan fingerprint density at radius 3 is 1.75 bits per heavy atom. The minimum absolute atomic E-state index is 0.0269. The van der Waals surface area contributed by atoms with Crippen LogP contribution in [0, 0.1) is 23.1 Å². The summed E-state index contributed by atoms with van der Waals surface area (Å²) in [5, 5.41) is 27.9. The second kappa shape index (κ2) is 27.2. The Bertz CT molecular complexity index is 4450. The van der Waals surface area contributed by atoms with Crippen LogP contribution in [0.5, 0.6) is 0 Å². The lowest BCUT2D eigenvalue weighted by Crippen LogP contribution is -2.24. The number of carboxylic acid groups (broad SMARTS) is 1. The van der Waals surface area contributed by atoms with Crippen molar-refractivity contribution < 1.29 is 37.9 Å². The number of ether oxygens (including phenoxy) is 1. The highest BCUT2D eigenvalue weighted by molar-refractivity contribution is 6.83. The van der Waals surface area contributed by atoms with Gasteiger partial charge >= 0.3 is 11.9 Å². The number of nitrogens with zero attached hydrogens (tertiary/aromatic N) is 8. The SMILES string of the molecule is COC(=O)CCCCc1nc2cc(/C=N/O)ccc2c(=O)n1-c1ccc(F)cc1.C[Si](C)(C)C#Cc1ccc2ccccc2n1.O=C(O)CCCCc1nc2cc(-c3cc(-c4ccc5ccccc5n4)on3)ccc2c(=O)n1-c1ccc(F)cc1. The van der Waals surface area contributed by atoms with Gasteiger partial charge in [0.05, 0.1) is 57.5 Å². The van der Waals surface area contributed by atoms with Crippen molar-refractivity contribution in [2.24, 2.45) is 5.16 Å². The Morgan fingerprint density at radius 2 is 1.18 bits per heavy atom. The van der Waals surface area contributed by atoms with Gasteiger partial charge in [-0.05, 0) is 128 Å². The molecule has 5 heterocycles. The fourth-order valence-electron chi connectivity index (χ4n) is 9.17. The van der Waals surface area contributed by atoms with E-state index in [4.69, 9.17) is 19.8 Å². The molecule has 0 fully saturated rings. The van der Waals surface area contributed by atoms with Gasteiger partial charge in [0.25, 0.3) is 11.1 Å². The van der Waals surface area contributed by atoms with Crippen molar-refractivity contribution in [1.82, 2.24) is 34.2 Å². The summed E-state index contributed by atoms with van der Waals surface area (Å²) < 4.78 is 40.1. The number of carboxylic acids is 1. The molecule has 0 aliphatic heterocycles. The van der Waals surface area contributed by atoms with Crippen LogP contribution in [0.4, 0.5) is 8.78 Å². The Kier molecular flexibility index (Phi) is 19.0. The molecule has 16 nitrogen and oxygen atoms in total. The van der Waals surface area contributed by atoms with Crippen LogP contribution >= 0.6 is 0 Å². The molecule has 428 valence electrons. The lowest BCUT2D eigenvalue weighted by Gasteiger charge is -2.14. The van der Waals surface area contributed by atoms with Crippen LogP contribution in [0.3, 0.4) is 0 Å². The molecule has 0 unspecified atom stereocenters. The molecule has 0 amide bonds. The summed E-state index contributed by atoms with van der Waals surface area (Å²) in [6.45, 7) is 6.71. The van der Waals surface area contributed by atoms with E-state index in [1.807, 2.05) is 60.7 Å². The number of aromatic nitrogens is 7. The molecule has 0 aliphatic rings. The molecule has 0 saturated carbocycles. The molecule has 0 bridgehead atoms. The van der Waals surface area contributed by atoms with Crippen molar-refractivity contribution in [2.45, 2.75) is 71.0 Å². The molecule has 0 aliphatic carbocycles. The Labute approximate surface area is 487 Å². The first-order valence-corrected chi connectivity index (χ1v) is 30.9. The zero-order valence-electron chi connectivity index (χ0n) is 47.0. The van der Waals surface area contributed by atoms with Crippen LogP contribution in [-0.4, -0.2) is 77.9 Å². The summed E-state index contributed by atoms with van der Waals surface area (Å²) in [4.78, 5) is 67.6. The van der Waals surface area contributed by atoms with Crippen molar-refractivity contribution in [3.63, 3.8) is 0 Å². The third kappa shape index (κ3) is 15.2. The number of carbonyl (C=O) groups excluding carboxylic acids is 1. The molecule has 5 aromatic heterocycles. The van der Waals surface area contributed by atoms with Crippen molar-refractivity contribution >= 4 is 69.8 Å². The van der Waals surface area contributed by atoms with Crippen LogP contribution in [0.1, 0.15) is 61.4 Å². The minimum Gasteiger partial charge on any atom is -0.481 e. The third-order valence-electron chi connectivity index (χ3n) is 13.4. The summed E-state index contributed by atoms with van der Waals surface area (Å²) in [5.41, 5.74) is 9.97. The topological polar surface area (TPSA) is 218 Å². The fourth-order valence-corrected chi connectivity index (χ4v) is 9.67. The molecule has 85 heavy (non-hydrogen) atoms. The van der Waals surface area contributed by atoms with Crippen molar-refractivity contribution in [1.29, 1.82) is 0 Å². The normalized spacial score (nSPS) is 11.2. The second-order valence-electron chi connectivity index (χ2n) is 20.8. The van der Waals surface area contributed by atoms with E-state index in [0.29, 0.717) is 112 Å². The van der Waals surface area contributed by atoms with E-state index in [1.54, 1.807) is 42.5 Å². The van der Waals surface area contributed by atoms with Gasteiger partial charge in [-0.25, -0.2) is 28.7 Å². The zero-order chi connectivity index (χ0) is 60.0. The molecular weight excluding hydrogens is 1100 g/mol. The van der Waals surface area contributed by atoms with E-state index in [-0.39, 0.29) is 29.9 Å². The van der Waals surface area contributed by atoms with Crippen LogP contribution in [0.15, 0.2) is 183 Å². The number of hydrogen-bond acceptors (Lipinski definition) is 13. The number of para-hydroxylation sites is 2. The predicted octanol–water partition coefficient (Wildman–Crippen LogP) is 12.9. The molecule has 0 atom stereocenters. The number of rotatable bonds is 15. The van der Waals surface area contributed by atoms with Crippen LogP contribution in [0.25, 0.3) is 77.7 Å². The molecule has 6 aromatic carbocycles. The van der Waals surface area contributed by atoms with Crippen LogP contribution in [0.2, 0.25) is 19.6 Å². The van der Waals surface area contributed by atoms with E-state index in [1.165, 1.54) is 76.4 Å². The third-order valence-corrected chi connectivity index (χ3v) is 14.3. The van der Waals surface area contributed by atoms with Crippen LogP contribution < -0.4 is 11.1 Å². The highest BCUT2D eigenvalue weighted by Gasteiger charge is 2.18. The van der Waals surface area contributed by atoms with Gasteiger partial charge in [-0.3, -0.25) is 28.3 Å². The first-order chi connectivity index (χ1) is 41.0. The van der Waals surface area contributed by atoms with Gasteiger partial charge in [-0.1, -0.05) is 96.5 Å². The maximum absolute atomic E-state index is 13.6. The van der Waals surface area contributed by atoms with E-state index < -0.39 is 25.7 Å². The van der Waals surface area contributed by atoms with E-state index in [9.17, 15) is 28.0 Å². The van der Waals surface area contributed by atoms with Crippen molar-refractivity contribution in [3.05, 3.63) is 219 Å². The summed E-state index contributed by atoms with van der Waals surface area (Å²) in [6.07, 6.45) is 4.55. The van der Waals surface area contributed by atoms with Gasteiger partial charge in [0.1, 0.15) is 48.4 Å². The lowest BCUT2D eigenvalue weighted by molar-refractivity contribution is -0.141. The molecule has 0 spiro atoms.